The van der Waals surface area contributed by atoms with Crippen LogP contribution in [0.4, 0.5) is 0 Å². The lowest BCUT2D eigenvalue weighted by atomic mass is 10.2. The molecule has 2 rings (SSSR count). The number of rotatable bonds is 2. The first-order chi connectivity index (χ1) is 7.24. The van der Waals surface area contributed by atoms with Gasteiger partial charge in [-0.2, -0.15) is 0 Å². The van der Waals surface area contributed by atoms with Crippen LogP contribution >= 0.6 is 28.3 Å². The molecule has 1 aromatic rings. The molecule has 0 aromatic carbocycles. The van der Waals surface area contributed by atoms with Gasteiger partial charge in [0.25, 0.3) is 0 Å². The Balaban J connectivity index is 0.00000128. The minimum atomic E-state index is 0. The van der Waals surface area contributed by atoms with Gasteiger partial charge in [-0.1, -0.05) is 6.07 Å². The molecular weight excluding hydrogens is 289 g/mol. The first-order valence-corrected chi connectivity index (χ1v) is 6.09. The smallest absolute Gasteiger partial charge is 0.106 e. The third kappa shape index (κ3) is 4.01. The zero-order valence-corrected chi connectivity index (χ0v) is 11.7. The number of halogens is 2. The van der Waals surface area contributed by atoms with Crippen LogP contribution in [-0.4, -0.2) is 35.6 Å². The maximum Gasteiger partial charge on any atom is 0.106 e. The molecule has 1 unspecified atom stereocenters. The maximum atomic E-state index is 4.24. The SMILES string of the molecule is CC1CN(Cc2ccc(Br)nc2)CCN1.Cl. The van der Waals surface area contributed by atoms with E-state index in [4.69, 9.17) is 0 Å². The Hall–Kier alpha value is -0.160. The highest BCUT2D eigenvalue weighted by molar-refractivity contribution is 9.10. The largest absolute Gasteiger partial charge is 0.312 e. The number of piperazine rings is 1. The van der Waals surface area contributed by atoms with E-state index in [1.807, 2.05) is 12.3 Å². The van der Waals surface area contributed by atoms with Crippen LogP contribution in [0.5, 0.6) is 0 Å². The number of hydrogen-bond acceptors (Lipinski definition) is 3. The Morgan fingerprint density at radius 1 is 1.56 bits per heavy atom. The Morgan fingerprint density at radius 3 is 3.00 bits per heavy atom. The zero-order valence-electron chi connectivity index (χ0n) is 9.32. The molecule has 1 saturated heterocycles. The monoisotopic (exact) mass is 305 g/mol. The van der Waals surface area contributed by atoms with E-state index in [1.54, 1.807) is 0 Å². The van der Waals surface area contributed by atoms with Crippen molar-refractivity contribution in [1.29, 1.82) is 0 Å². The first kappa shape index (κ1) is 13.9. The standard InChI is InChI=1S/C11H16BrN3.ClH/c1-9-7-15(5-4-13-9)8-10-2-3-11(12)14-6-10;/h2-3,6,9,13H,4-5,7-8H2,1H3;1H. The number of pyridine rings is 1. The van der Waals surface area contributed by atoms with E-state index in [0.717, 1.165) is 30.8 Å². The van der Waals surface area contributed by atoms with Crippen molar-refractivity contribution in [3.8, 4) is 0 Å². The third-order valence-electron chi connectivity index (χ3n) is 2.65. The van der Waals surface area contributed by atoms with Gasteiger partial charge in [0, 0.05) is 38.4 Å². The van der Waals surface area contributed by atoms with E-state index in [-0.39, 0.29) is 12.4 Å². The van der Waals surface area contributed by atoms with Gasteiger partial charge in [-0.15, -0.1) is 12.4 Å². The highest BCUT2D eigenvalue weighted by Gasteiger charge is 2.15. The molecule has 16 heavy (non-hydrogen) atoms. The second-order valence-corrected chi connectivity index (χ2v) is 4.89. The second kappa shape index (κ2) is 6.55. The van der Waals surface area contributed by atoms with Crippen molar-refractivity contribution in [3.63, 3.8) is 0 Å². The third-order valence-corrected chi connectivity index (χ3v) is 3.12. The Labute approximate surface area is 111 Å². The molecule has 0 radical (unpaired) electrons. The molecule has 0 aliphatic carbocycles. The lowest BCUT2D eigenvalue weighted by Crippen LogP contribution is -2.48. The molecule has 0 bridgehead atoms. The summed E-state index contributed by atoms with van der Waals surface area (Å²) in [5.74, 6) is 0. The number of nitrogens with one attached hydrogen (secondary N) is 1. The van der Waals surface area contributed by atoms with E-state index < -0.39 is 0 Å². The van der Waals surface area contributed by atoms with Gasteiger partial charge < -0.3 is 5.32 Å². The minimum absolute atomic E-state index is 0. The van der Waals surface area contributed by atoms with Crippen molar-refractivity contribution < 1.29 is 0 Å². The number of nitrogens with zero attached hydrogens (tertiary/aromatic N) is 2. The van der Waals surface area contributed by atoms with Gasteiger partial charge in [-0.3, -0.25) is 4.90 Å². The molecule has 3 nitrogen and oxygen atoms in total. The van der Waals surface area contributed by atoms with Crippen molar-refractivity contribution in [2.75, 3.05) is 19.6 Å². The van der Waals surface area contributed by atoms with Crippen molar-refractivity contribution in [2.45, 2.75) is 19.5 Å². The van der Waals surface area contributed by atoms with E-state index in [9.17, 15) is 0 Å². The quantitative estimate of drug-likeness (QED) is 0.848. The molecular formula is C11H17BrClN3. The fourth-order valence-corrected chi connectivity index (χ4v) is 2.15. The summed E-state index contributed by atoms with van der Waals surface area (Å²) in [5.41, 5.74) is 1.28. The van der Waals surface area contributed by atoms with Crippen LogP contribution < -0.4 is 5.32 Å². The predicted molar refractivity (Wildman–Crippen MR) is 71.9 cm³/mol. The van der Waals surface area contributed by atoms with E-state index in [2.05, 4.69) is 44.1 Å². The number of hydrogen-bond donors (Lipinski definition) is 1. The molecule has 2 heterocycles. The Kier molecular flexibility index (Phi) is 5.69. The average molecular weight is 307 g/mol. The maximum absolute atomic E-state index is 4.24. The van der Waals surface area contributed by atoms with Gasteiger partial charge >= 0.3 is 0 Å². The summed E-state index contributed by atoms with van der Waals surface area (Å²) in [6, 6.07) is 4.73. The molecule has 1 aliphatic rings. The average Bonchev–Trinajstić information content (AvgIpc) is 2.22. The van der Waals surface area contributed by atoms with Crippen molar-refractivity contribution >= 4 is 28.3 Å². The molecule has 0 amide bonds. The molecule has 0 spiro atoms. The summed E-state index contributed by atoms with van der Waals surface area (Å²) in [6.07, 6.45) is 1.94. The van der Waals surface area contributed by atoms with Gasteiger partial charge in [0.1, 0.15) is 4.60 Å². The summed E-state index contributed by atoms with van der Waals surface area (Å²) in [4.78, 5) is 6.70. The fraction of sp³-hybridized carbons (Fsp3) is 0.545. The van der Waals surface area contributed by atoms with Gasteiger partial charge in [-0.05, 0) is 34.5 Å². The van der Waals surface area contributed by atoms with E-state index >= 15 is 0 Å². The summed E-state index contributed by atoms with van der Waals surface area (Å²) in [6.45, 7) is 6.57. The van der Waals surface area contributed by atoms with Gasteiger partial charge in [0.15, 0.2) is 0 Å². The lowest BCUT2D eigenvalue weighted by Gasteiger charge is -2.31. The van der Waals surface area contributed by atoms with Crippen molar-refractivity contribution in [2.24, 2.45) is 0 Å². The lowest BCUT2D eigenvalue weighted by molar-refractivity contribution is 0.199. The Morgan fingerprint density at radius 2 is 2.38 bits per heavy atom. The van der Waals surface area contributed by atoms with Crippen LogP contribution in [0.25, 0.3) is 0 Å². The first-order valence-electron chi connectivity index (χ1n) is 5.30. The summed E-state index contributed by atoms with van der Waals surface area (Å²) in [5, 5.41) is 3.44. The zero-order chi connectivity index (χ0) is 10.7. The van der Waals surface area contributed by atoms with Crippen molar-refractivity contribution in [3.05, 3.63) is 28.5 Å². The summed E-state index contributed by atoms with van der Waals surface area (Å²) in [7, 11) is 0. The molecule has 1 aromatic heterocycles. The minimum Gasteiger partial charge on any atom is -0.312 e. The molecule has 1 atom stereocenters. The highest BCUT2D eigenvalue weighted by atomic mass is 79.9. The topological polar surface area (TPSA) is 28.2 Å². The van der Waals surface area contributed by atoms with Crippen molar-refractivity contribution in [1.82, 2.24) is 15.2 Å². The molecule has 1 N–H and O–H groups in total. The van der Waals surface area contributed by atoms with Crippen LogP contribution in [0.3, 0.4) is 0 Å². The van der Waals surface area contributed by atoms with Gasteiger partial charge in [-0.25, -0.2) is 4.98 Å². The molecule has 5 heteroatoms. The molecule has 90 valence electrons. The van der Waals surface area contributed by atoms with E-state index in [0.29, 0.717) is 6.04 Å². The van der Waals surface area contributed by atoms with Crippen LogP contribution in [0.1, 0.15) is 12.5 Å². The van der Waals surface area contributed by atoms with E-state index in [1.165, 1.54) is 5.56 Å². The summed E-state index contributed by atoms with van der Waals surface area (Å²) >= 11 is 3.35. The predicted octanol–water partition coefficient (Wildman–Crippen LogP) is 2.06. The van der Waals surface area contributed by atoms with Crippen LogP contribution in [0, 0.1) is 0 Å². The Bertz CT molecular complexity index is 318. The second-order valence-electron chi connectivity index (χ2n) is 4.08. The van der Waals surface area contributed by atoms with Crippen LogP contribution in [0.2, 0.25) is 0 Å². The molecule has 1 aliphatic heterocycles. The molecule has 0 saturated carbocycles. The summed E-state index contributed by atoms with van der Waals surface area (Å²) < 4.78 is 0.903. The molecule has 1 fully saturated rings. The highest BCUT2D eigenvalue weighted by Crippen LogP contribution is 2.10. The number of aromatic nitrogens is 1. The van der Waals surface area contributed by atoms with Gasteiger partial charge in [0.2, 0.25) is 0 Å². The van der Waals surface area contributed by atoms with Gasteiger partial charge in [0.05, 0.1) is 0 Å². The van der Waals surface area contributed by atoms with Crippen LogP contribution in [-0.2, 0) is 6.54 Å². The van der Waals surface area contributed by atoms with Crippen LogP contribution in [0.15, 0.2) is 22.9 Å². The fourth-order valence-electron chi connectivity index (χ4n) is 1.91. The normalized spacial score (nSPS) is 21.5.